The number of hydrogen-bond donors (Lipinski definition) is 9. The van der Waals surface area contributed by atoms with Gasteiger partial charge in [-0.1, -0.05) is 193 Å². The first-order chi connectivity index (χ1) is 53.9. The number of amides is 11. The van der Waals surface area contributed by atoms with E-state index in [4.69, 9.17) is 10.5 Å². The average Bonchev–Trinajstić information content (AvgIpc) is 0.826. The summed E-state index contributed by atoms with van der Waals surface area (Å²) in [7, 11) is 9.81. The predicted octanol–water partition coefficient (Wildman–Crippen LogP) is 5.80. The van der Waals surface area contributed by atoms with E-state index in [1.165, 1.54) is 82.0 Å². The van der Waals surface area contributed by atoms with Crippen molar-refractivity contribution in [2.75, 3.05) is 67.2 Å². The fourth-order valence-electron chi connectivity index (χ4n) is 12.9. The summed E-state index contributed by atoms with van der Waals surface area (Å²) >= 11 is 0. The molecule has 0 saturated carbocycles. The SMILES string of the molecule is CCC.CCSSc1cccc(C)c1OC(=O)C[C@H](NC(=O)[C@H](Cc1ccccc1)NC(=O)CN(C)C(=O)[C@H](CC(C)C)N(C)C(=O)CNC(=O)[C@H](Cc1ccccc1)N(C)C(=O)[C@@H](NC(=O)[C@H](CC(C)C)N(C)C(O)[C@@H](NC(=O)[C@H](C)N)C(C)C)[C@@H](C)O)C(=O)N(C)C(Cc1ccccc1)C(=O)N[C@@H](C)C(=O)N1CCCCC1. The molecule has 11 amide bonds. The summed E-state index contributed by atoms with van der Waals surface area (Å²) in [5, 5.41) is 39.3. The molecule has 1 aliphatic rings. The number of para-hydroxylation sites is 1. The van der Waals surface area contributed by atoms with Gasteiger partial charge in [-0.3, -0.25) is 62.4 Å². The lowest BCUT2D eigenvalue weighted by atomic mass is 9.97. The van der Waals surface area contributed by atoms with Gasteiger partial charge in [0.05, 0.1) is 48.6 Å². The van der Waals surface area contributed by atoms with Gasteiger partial charge in [-0.15, -0.1) is 0 Å². The molecule has 1 aliphatic heterocycles. The van der Waals surface area contributed by atoms with Crippen molar-refractivity contribution in [3.63, 3.8) is 0 Å². The smallest absolute Gasteiger partial charge is 0.313 e. The van der Waals surface area contributed by atoms with Gasteiger partial charge in [0, 0.05) is 66.3 Å². The number of aliphatic hydroxyl groups is 2. The van der Waals surface area contributed by atoms with E-state index in [9.17, 15) is 58.2 Å². The first-order valence-electron chi connectivity index (χ1n) is 39.5. The van der Waals surface area contributed by atoms with E-state index in [-0.39, 0.29) is 61.5 Å². The van der Waals surface area contributed by atoms with Crippen LogP contribution in [0.15, 0.2) is 114 Å². The third-order valence-corrected chi connectivity index (χ3v) is 21.9. The van der Waals surface area contributed by atoms with Gasteiger partial charge in [0.15, 0.2) is 0 Å². The highest BCUT2D eigenvalue weighted by atomic mass is 33.1. The van der Waals surface area contributed by atoms with Crippen molar-refractivity contribution in [3.05, 3.63) is 131 Å². The van der Waals surface area contributed by atoms with Crippen LogP contribution in [0.3, 0.4) is 0 Å². The number of likely N-dealkylation sites (N-methyl/N-ethyl adjacent to an activating group) is 5. The lowest BCUT2D eigenvalue weighted by Crippen LogP contribution is -2.63. The molecule has 0 aromatic heterocycles. The van der Waals surface area contributed by atoms with Crippen LogP contribution in [0, 0.1) is 24.7 Å². The van der Waals surface area contributed by atoms with Gasteiger partial charge in [-0.25, -0.2) is 0 Å². The van der Waals surface area contributed by atoms with Gasteiger partial charge in [-0.05, 0) is 113 Å². The molecule has 4 aromatic rings. The molecule has 5 rings (SSSR count). The quantitative estimate of drug-likeness (QED) is 0.0109. The zero-order valence-electron chi connectivity index (χ0n) is 69.9. The minimum absolute atomic E-state index is 0.0370. The molecule has 12 atom stereocenters. The Labute approximate surface area is 682 Å². The number of benzene rings is 4. The number of nitrogens with zero attached hydrogens (tertiary/aromatic N) is 6. The summed E-state index contributed by atoms with van der Waals surface area (Å²) in [4.78, 5) is 182. The Balaban J connectivity index is 0.00000897. The largest absolute Gasteiger partial charge is 0.425 e. The first-order valence-corrected chi connectivity index (χ1v) is 41.9. The Morgan fingerprint density at radius 2 is 1.05 bits per heavy atom. The van der Waals surface area contributed by atoms with E-state index in [2.05, 4.69) is 45.7 Å². The number of nitrogens with one attached hydrogen (secondary N) is 6. The second-order valence-corrected chi connectivity index (χ2v) is 33.3. The summed E-state index contributed by atoms with van der Waals surface area (Å²) in [5.41, 5.74) is 8.29. The fraction of sp³-hybridized carbons (Fsp3) is 0.571. The molecule has 30 heteroatoms. The Kier molecular flexibility index (Phi) is 41.9. The molecule has 114 heavy (non-hydrogen) atoms. The van der Waals surface area contributed by atoms with Crippen LogP contribution in [0.2, 0.25) is 0 Å². The topological polar surface area (TPSA) is 372 Å². The van der Waals surface area contributed by atoms with Crippen molar-refractivity contribution < 1.29 is 72.5 Å². The van der Waals surface area contributed by atoms with Crippen LogP contribution < -0.4 is 42.4 Å². The third kappa shape index (κ3) is 31.0. The number of hydrogen-bond acceptors (Lipinski definition) is 19. The molecule has 0 spiro atoms. The molecular weight excluding hydrogens is 1500 g/mol. The highest BCUT2D eigenvalue weighted by molar-refractivity contribution is 8.76. The summed E-state index contributed by atoms with van der Waals surface area (Å²) in [5.74, 6) is -8.55. The summed E-state index contributed by atoms with van der Waals surface area (Å²) < 4.78 is 6.04. The maximum atomic E-state index is 15.3. The molecule has 28 nitrogen and oxygen atoms in total. The minimum atomic E-state index is -1.73. The molecule has 10 N–H and O–H groups in total. The number of likely N-dealkylation sites (tertiary alicyclic amines) is 1. The van der Waals surface area contributed by atoms with Crippen LogP contribution in [0.4, 0.5) is 0 Å². The molecule has 1 fully saturated rings. The third-order valence-electron chi connectivity index (χ3n) is 19.5. The number of nitrogens with two attached hydrogens (primary N) is 1. The zero-order valence-corrected chi connectivity index (χ0v) is 71.6. The number of carbonyl (C=O) groups excluding carboxylic acids is 12. The normalized spacial score (nSPS) is 15.3. The summed E-state index contributed by atoms with van der Waals surface area (Å²) in [6, 6.07) is 19.0. The van der Waals surface area contributed by atoms with Crippen LogP contribution in [0.1, 0.15) is 150 Å². The maximum Gasteiger partial charge on any atom is 0.313 e. The van der Waals surface area contributed by atoms with Crippen LogP contribution >= 0.6 is 21.6 Å². The maximum absolute atomic E-state index is 15.3. The summed E-state index contributed by atoms with van der Waals surface area (Å²) in [6.45, 7) is 23.0. The zero-order chi connectivity index (χ0) is 85.2. The minimum Gasteiger partial charge on any atom is -0.425 e. The molecule has 1 heterocycles. The van der Waals surface area contributed by atoms with Crippen molar-refractivity contribution in [2.24, 2.45) is 23.5 Å². The predicted molar refractivity (Wildman–Crippen MR) is 445 cm³/mol. The van der Waals surface area contributed by atoms with Gasteiger partial charge >= 0.3 is 5.97 Å². The van der Waals surface area contributed by atoms with Gasteiger partial charge in [0.25, 0.3) is 0 Å². The van der Waals surface area contributed by atoms with E-state index >= 15 is 9.59 Å². The number of ether oxygens (including phenoxy) is 1. The van der Waals surface area contributed by atoms with Crippen LogP contribution in [0.5, 0.6) is 5.75 Å². The fourth-order valence-corrected chi connectivity index (χ4v) is 14.7. The number of rotatable bonds is 42. The van der Waals surface area contributed by atoms with Crippen LogP contribution in [-0.4, -0.2) is 250 Å². The second kappa shape index (κ2) is 49.1. The monoisotopic (exact) mass is 1620 g/mol. The van der Waals surface area contributed by atoms with Crippen molar-refractivity contribution >= 4 is 92.5 Å². The van der Waals surface area contributed by atoms with Crippen molar-refractivity contribution in [1.82, 2.24) is 61.3 Å². The number of aliphatic hydroxyl groups excluding tert-OH is 2. The molecule has 4 aromatic carbocycles. The van der Waals surface area contributed by atoms with Crippen LogP contribution in [-0.2, 0) is 76.8 Å². The van der Waals surface area contributed by atoms with E-state index in [1.54, 1.807) is 136 Å². The Hall–Kier alpha value is -8.94. The number of aryl methyl sites for hydroxylation is 1. The Morgan fingerprint density at radius 3 is 1.56 bits per heavy atom. The number of piperidine rings is 1. The molecule has 2 unspecified atom stereocenters. The van der Waals surface area contributed by atoms with Gasteiger partial charge in [0.1, 0.15) is 54.3 Å². The average molecular weight is 1620 g/mol. The van der Waals surface area contributed by atoms with Crippen molar-refractivity contribution in [2.45, 2.75) is 232 Å². The van der Waals surface area contributed by atoms with Gasteiger partial charge < -0.3 is 77.1 Å². The van der Waals surface area contributed by atoms with Crippen molar-refractivity contribution in [1.29, 1.82) is 0 Å². The van der Waals surface area contributed by atoms with Crippen molar-refractivity contribution in [3.8, 4) is 5.75 Å². The molecule has 1 saturated heterocycles. The molecule has 0 radical (unpaired) electrons. The highest BCUT2D eigenvalue weighted by Crippen LogP contribution is 2.39. The van der Waals surface area contributed by atoms with Gasteiger partial charge in [-0.2, -0.15) is 0 Å². The molecule has 630 valence electrons. The standard InChI is InChI=1S/C81H119N13O15S2.C3H8/c1-17-110-111-65-38-30-31-52(8)71(65)109-68(98)46-60(78(105)91(14)63(45-58-36-26-20-27-37-58)75(102)84-54(10)77(104)94-39-28-21-29-40-94)86-73(100)59(43-56-32-22-18-23-33-56)85-66(96)48-89(12)79(106)64(42-50(4)5)90(13)67(97)47-83-74(101)62(44-57-34-24-19-25-35-57)93(16)81(108)70(55(11)95)88-76(103)61(41-49(2)3)92(15)80(107)69(51(6)7)87-72(99)53(9)82;1-3-2/h18-20,22-27,30-38,49-51,53-55,59-64,69-70,80,95,107H,17,21,28-29,39-48,82H2,1-16H3,(H,83,101)(H,84,102)(H,85,96)(H,86,100)(H,87,99)(H,88,103);3H2,1-2H3/t53-,54-,55+,59-,60-,61-,62-,63?,64-,69-,70-,80?;/m0./s1. The molecule has 0 aliphatic carbocycles. The second-order valence-electron chi connectivity index (χ2n) is 30.7. The lowest BCUT2D eigenvalue weighted by Gasteiger charge is -2.39. The Morgan fingerprint density at radius 1 is 0.544 bits per heavy atom. The van der Waals surface area contributed by atoms with E-state index in [1.807, 2.05) is 40.7 Å². The van der Waals surface area contributed by atoms with E-state index in [0.29, 0.717) is 40.2 Å². The van der Waals surface area contributed by atoms with Crippen LogP contribution in [0.25, 0.3) is 0 Å². The molecular formula is C84H127N13O15S2. The Bertz CT molecular complexity index is 3760. The first kappa shape index (κ1) is 97.4. The van der Waals surface area contributed by atoms with E-state index < -0.39 is 157 Å². The van der Waals surface area contributed by atoms with E-state index in [0.717, 1.165) is 44.6 Å². The molecule has 0 bridgehead atoms. The summed E-state index contributed by atoms with van der Waals surface area (Å²) in [6.07, 6.45) is 0.139. The lowest BCUT2D eigenvalue weighted by molar-refractivity contribution is -0.147. The highest BCUT2D eigenvalue weighted by Gasteiger charge is 2.42. The van der Waals surface area contributed by atoms with Gasteiger partial charge in [0.2, 0.25) is 65.0 Å². The number of carbonyl (C=O) groups is 12. The number of esters is 1.